The lowest BCUT2D eigenvalue weighted by molar-refractivity contribution is 0.0983. The molecule has 0 saturated carbocycles. The molecule has 1 aromatic carbocycles. The van der Waals surface area contributed by atoms with Crippen LogP contribution in [0, 0.1) is 20.8 Å². The maximum absolute atomic E-state index is 12.4. The van der Waals surface area contributed by atoms with Crippen molar-refractivity contribution in [2.45, 2.75) is 34.1 Å². The molecule has 0 bridgehead atoms. The number of benzene rings is 1. The van der Waals surface area contributed by atoms with Crippen LogP contribution in [0.2, 0.25) is 0 Å². The number of thiophene rings is 1. The molecule has 0 aliphatic heterocycles. The Balaban J connectivity index is 2.85. The molecular formula is C17H19NO2S. The van der Waals surface area contributed by atoms with E-state index in [0.717, 1.165) is 33.4 Å². The van der Waals surface area contributed by atoms with Gasteiger partial charge in [0.2, 0.25) is 0 Å². The number of carbonyl (C=O) groups excluding carboxylic acids is 2. The third-order valence-electron chi connectivity index (χ3n) is 3.80. The van der Waals surface area contributed by atoms with Crippen molar-refractivity contribution in [1.29, 1.82) is 0 Å². The molecule has 1 aromatic heterocycles. The molecule has 110 valence electrons. The molecule has 1 amide bonds. The van der Waals surface area contributed by atoms with Gasteiger partial charge in [0.15, 0.2) is 5.78 Å². The number of Topliss-reactive ketones (excluding diaryl/α,β-unsaturated/α-hetero) is 1. The Bertz CT molecular complexity index is 729. The Kier molecular flexibility index (Phi) is 4.28. The molecule has 0 radical (unpaired) electrons. The number of hydrogen-bond donors (Lipinski definition) is 1. The number of primary amides is 1. The molecular weight excluding hydrogens is 282 g/mol. The van der Waals surface area contributed by atoms with Crippen molar-refractivity contribution in [2.24, 2.45) is 5.73 Å². The van der Waals surface area contributed by atoms with Crippen LogP contribution in [0.3, 0.4) is 0 Å². The van der Waals surface area contributed by atoms with Gasteiger partial charge in [0.25, 0.3) is 5.91 Å². The highest BCUT2D eigenvalue weighted by Crippen LogP contribution is 2.36. The van der Waals surface area contributed by atoms with E-state index in [0.29, 0.717) is 11.3 Å². The van der Waals surface area contributed by atoms with Crippen molar-refractivity contribution in [3.05, 3.63) is 44.6 Å². The van der Waals surface area contributed by atoms with Crippen molar-refractivity contribution in [3.8, 4) is 11.1 Å². The third-order valence-corrected chi connectivity index (χ3v) is 4.73. The van der Waals surface area contributed by atoms with E-state index in [1.54, 1.807) is 0 Å². The lowest BCUT2D eigenvalue weighted by Gasteiger charge is -2.17. The van der Waals surface area contributed by atoms with Crippen molar-refractivity contribution in [1.82, 2.24) is 0 Å². The predicted octanol–water partition coefficient (Wildman–Crippen LogP) is 4.03. The fourth-order valence-corrected chi connectivity index (χ4v) is 3.41. The Morgan fingerprint density at radius 3 is 2.43 bits per heavy atom. The van der Waals surface area contributed by atoms with E-state index in [2.05, 4.69) is 6.07 Å². The van der Waals surface area contributed by atoms with E-state index in [-0.39, 0.29) is 5.78 Å². The minimum Gasteiger partial charge on any atom is -0.365 e. The third kappa shape index (κ3) is 2.63. The number of nitrogens with two attached hydrogens (primary N) is 1. The van der Waals surface area contributed by atoms with Crippen LogP contribution in [0.4, 0.5) is 0 Å². The van der Waals surface area contributed by atoms with Crippen LogP contribution in [0.25, 0.3) is 11.1 Å². The Hall–Kier alpha value is -1.94. The second-order valence-corrected chi connectivity index (χ2v) is 6.11. The normalized spacial score (nSPS) is 10.7. The minimum atomic E-state index is -0.451. The summed E-state index contributed by atoms with van der Waals surface area (Å²) in [6.45, 7) is 7.78. The highest BCUT2D eigenvalue weighted by Gasteiger charge is 2.22. The van der Waals surface area contributed by atoms with Gasteiger partial charge >= 0.3 is 0 Å². The monoisotopic (exact) mass is 301 g/mol. The molecule has 2 rings (SSSR count). The maximum atomic E-state index is 12.4. The lowest BCUT2D eigenvalue weighted by Crippen LogP contribution is -2.12. The first kappa shape index (κ1) is 15.4. The molecule has 0 unspecified atom stereocenters. The molecule has 0 saturated heterocycles. The number of aryl methyl sites for hydroxylation is 2. The van der Waals surface area contributed by atoms with Crippen LogP contribution in [0.5, 0.6) is 0 Å². The SMILES string of the molecule is CCC(=O)c1c(C)c(C)cc(C)c1-c1ccsc1C(N)=O. The highest BCUT2D eigenvalue weighted by molar-refractivity contribution is 7.12. The van der Waals surface area contributed by atoms with Gasteiger partial charge in [-0.15, -0.1) is 11.3 Å². The van der Waals surface area contributed by atoms with Crippen molar-refractivity contribution in [2.75, 3.05) is 0 Å². The summed E-state index contributed by atoms with van der Waals surface area (Å²) < 4.78 is 0. The predicted molar refractivity (Wildman–Crippen MR) is 87.1 cm³/mol. The lowest BCUT2D eigenvalue weighted by atomic mass is 9.86. The summed E-state index contributed by atoms with van der Waals surface area (Å²) in [6, 6.07) is 3.92. The van der Waals surface area contributed by atoms with Crippen molar-refractivity contribution >= 4 is 23.0 Å². The zero-order valence-corrected chi connectivity index (χ0v) is 13.6. The number of hydrogen-bond acceptors (Lipinski definition) is 3. The molecule has 2 aromatic rings. The van der Waals surface area contributed by atoms with Gasteiger partial charge in [0.1, 0.15) is 0 Å². The molecule has 0 atom stereocenters. The minimum absolute atomic E-state index is 0.0934. The van der Waals surface area contributed by atoms with Crippen LogP contribution in [-0.2, 0) is 0 Å². The second kappa shape index (κ2) is 5.82. The number of amides is 1. The van der Waals surface area contributed by atoms with Gasteiger partial charge < -0.3 is 5.73 Å². The van der Waals surface area contributed by atoms with Crippen LogP contribution >= 0.6 is 11.3 Å². The number of ketones is 1. The van der Waals surface area contributed by atoms with Crippen LogP contribution in [-0.4, -0.2) is 11.7 Å². The molecule has 2 N–H and O–H groups in total. The van der Waals surface area contributed by atoms with E-state index < -0.39 is 5.91 Å². The first-order valence-corrected chi connectivity index (χ1v) is 7.78. The molecule has 4 heteroatoms. The van der Waals surface area contributed by atoms with E-state index in [1.807, 2.05) is 39.1 Å². The summed E-state index contributed by atoms with van der Waals surface area (Å²) in [7, 11) is 0. The summed E-state index contributed by atoms with van der Waals surface area (Å²) in [5, 5.41) is 1.84. The van der Waals surface area contributed by atoms with Crippen molar-refractivity contribution in [3.63, 3.8) is 0 Å². The van der Waals surface area contributed by atoms with Crippen LogP contribution < -0.4 is 5.73 Å². The zero-order chi connectivity index (χ0) is 15.7. The fraction of sp³-hybridized carbons (Fsp3) is 0.294. The average molecular weight is 301 g/mol. The summed E-state index contributed by atoms with van der Waals surface area (Å²) in [6.07, 6.45) is 0.437. The standard InChI is InChI=1S/C17H19NO2S/c1-5-13(19)15-11(4)9(2)8-10(3)14(15)12-6-7-21-16(12)17(18)20/h6-8H,5H2,1-4H3,(H2,18,20). The van der Waals surface area contributed by atoms with E-state index in [4.69, 9.17) is 5.73 Å². The Morgan fingerprint density at radius 2 is 1.86 bits per heavy atom. The van der Waals surface area contributed by atoms with Crippen LogP contribution in [0.1, 0.15) is 50.1 Å². The van der Waals surface area contributed by atoms with E-state index >= 15 is 0 Å². The molecule has 3 nitrogen and oxygen atoms in total. The summed E-state index contributed by atoms with van der Waals surface area (Å²) in [4.78, 5) is 24.5. The van der Waals surface area contributed by atoms with Gasteiger partial charge in [-0.25, -0.2) is 0 Å². The summed E-state index contributed by atoms with van der Waals surface area (Å²) in [5.74, 6) is -0.358. The smallest absolute Gasteiger partial charge is 0.259 e. The van der Waals surface area contributed by atoms with Crippen LogP contribution in [0.15, 0.2) is 17.5 Å². The second-order valence-electron chi connectivity index (χ2n) is 5.19. The molecule has 0 fully saturated rings. The number of carbonyl (C=O) groups is 2. The molecule has 0 aliphatic rings. The topological polar surface area (TPSA) is 60.2 Å². The van der Waals surface area contributed by atoms with Crippen molar-refractivity contribution < 1.29 is 9.59 Å². The quantitative estimate of drug-likeness (QED) is 0.867. The van der Waals surface area contributed by atoms with Gasteiger partial charge in [-0.3, -0.25) is 9.59 Å². The van der Waals surface area contributed by atoms with E-state index in [1.165, 1.54) is 11.3 Å². The zero-order valence-electron chi connectivity index (χ0n) is 12.7. The highest BCUT2D eigenvalue weighted by atomic mass is 32.1. The first-order chi connectivity index (χ1) is 9.88. The largest absolute Gasteiger partial charge is 0.365 e. The van der Waals surface area contributed by atoms with Gasteiger partial charge in [-0.05, 0) is 54.5 Å². The Labute approximate surface area is 128 Å². The molecule has 0 aliphatic carbocycles. The van der Waals surface area contributed by atoms with Gasteiger partial charge in [-0.1, -0.05) is 13.0 Å². The molecule has 0 spiro atoms. The van der Waals surface area contributed by atoms with Gasteiger partial charge in [-0.2, -0.15) is 0 Å². The summed E-state index contributed by atoms with van der Waals surface area (Å²) >= 11 is 1.31. The van der Waals surface area contributed by atoms with E-state index in [9.17, 15) is 9.59 Å². The average Bonchev–Trinajstić information content (AvgIpc) is 2.90. The number of rotatable bonds is 4. The molecule has 21 heavy (non-hydrogen) atoms. The molecule has 1 heterocycles. The van der Waals surface area contributed by atoms with Gasteiger partial charge in [0.05, 0.1) is 4.88 Å². The first-order valence-electron chi connectivity index (χ1n) is 6.90. The maximum Gasteiger partial charge on any atom is 0.259 e. The Morgan fingerprint density at radius 1 is 1.19 bits per heavy atom. The fourth-order valence-electron chi connectivity index (χ4n) is 2.66. The summed E-state index contributed by atoms with van der Waals surface area (Å²) in [5.41, 5.74) is 10.9. The van der Waals surface area contributed by atoms with Gasteiger partial charge in [0, 0.05) is 17.5 Å².